The van der Waals surface area contributed by atoms with Gasteiger partial charge in [0, 0.05) is 33.5 Å². The number of nitrogens with zero attached hydrogens (tertiary/aromatic N) is 2. The second kappa shape index (κ2) is 15.8. The summed E-state index contributed by atoms with van der Waals surface area (Å²) < 4.78 is 2.37. The maximum absolute atomic E-state index is 2.37. The van der Waals surface area contributed by atoms with Crippen molar-refractivity contribution in [1.82, 2.24) is 4.57 Å². The Kier molecular flexibility index (Phi) is 9.20. The minimum atomic E-state index is 1.10. The second-order valence-corrected chi connectivity index (χ2v) is 16.5. The molecule has 0 aliphatic heterocycles. The van der Waals surface area contributed by atoms with Crippen LogP contribution in [0.15, 0.2) is 255 Å². The van der Waals surface area contributed by atoms with Crippen LogP contribution in [0.1, 0.15) is 0 Å². The number of para-hydroxylation sites is 2. The molecule has 0 aliphatic carbocycles. The number of rotatable bonds is 8. The lowest BCUT2D eigenvalue weighted by Gasteiger charge is -2.26. The lowest BCUT2D eigenvalue weighted by atomic mass is 9.97. The van der Waals surface area contributed by atoms with Gasteiger partial charge in [-0.05, 0) is 127 Å². The molecule has 64 heavy (non-hydrogen) atoms. The zero-order chi connectivity index (χ0) is 42.4. The molecule has 0 amide bonds. The van der Waals surface area contributed by atoms with Crippen LogP contribution < -0.4 is 4.90 Å². The summed E-state index contributed by atoms with van der Waals surface area (Å²) in [6.07, 6.45) is 0. The molecule has 0 saturated heterocycles. The largest absolute Gasteiger partial charge is 0.311 e. The van der Waals surface area contributed by atoms with E-state index in [-0.39, 0.29) is 0 Å². The van der Waals surface area contributed by atoms with E-state index in [1.165, 1.54) is 87.9 Å². The fraction of sp³-hybridized carbons (Fsp3) is 0. The molecule has 0 N–H and O–H groups in total. The SMILES string of the molecule is c1ccc2c(-c3ccc(N(c4ccc(-c5ccc(-c6ccc(-n7c8ccccc8c8ccccc87)cc6)cc5)cc4)c4ccc(-c5cccc6ccccc56)cc4)cc3)cccc2c1. The van der Waals surface area contributed by atoms with Crippen molar-refractivity contribution in [3.63, 3.8) is 0 Å². The Labute approximate surface area is 373 Å². The fourth-order valence-electron chi connectivity index (χ4n) is 9.64. The summed E-state index contributed by atoms with van der Waals surface area (Å²) >= 11 is 0. The second-order valence-electron chi connectivity index (χ2n) is 16.5. The molecular formula is C62H42N2. The van der Waals surface area contributed by atoms with Crippen LogP contribution in [0.2, 0.25) is 0 Å². The smallest absolute Gasteiger partial charge is 0.0541 e. The first-order valence-electron chi connectivity index (χ1n) is 22.0. The monoisotopic (exact) mass is 814 g/mol. The van der Waals surface area contributed by atoms with Gasteiger partial charge in [-0.25, -0.2) is 0 Å². The molecule has 0 bridgehead atoms. The molecule has 0 atom stereocenters. The van der Waals surface area contributed by atoms with Crippen LogP contribution in [0, 0.1) is 0 Å². The van der Waals surface area contributed by atoms with Gasteiger partial charge < -0.3 is 9.47 Å². The van der Waals surface area contributed by atoms with E-state index in [9.17, 15) is 0 Å². The first kappa shape index (κ1) is 37.3. The van der Waals surface area contributed by atoms with Crippen LogP contribution in [-0.2, 0) is 0 Å². The summed E-state index contributed by atoms with van der Waals surface area (Å²) in [4.78, 5) is 2.36. The minimum Gasteiger partial charge on any atom is -0.311 e. The van der Waals surface area contributed by atoms with E-state index in [2.05, 4.69) is 264 Å². The lowest BCUT2D eigenvalue weighted by molar-refractivity contribution is 1.18. The Bertz CT molecular complexity index is 3430. The molecule has 0 radical (unpaired) electrons. The van der Waals surface area contributed by atoms with Crippen molar-refractivity contribution < 1.29 is 0 Å². The fourth-order valence-corrected chi connectivity index (χ4v) is 9.64. The highest BCUT2D eigenvalue weighted by molar-refractivity contribution is 6.09. The Hall–Kier alpha value is -8.46. The number of anilines is 3. The summed E-state index contributed by atoms with van der Waals surface area (Å²) in [6.45, 7) is 0. The van der Waals surface area contributed by atoms with E-state index in [0.717, 1.165) is 22.7 Å². The normalized spacial score (nSPS) is 11.4. The Morgan fingerprint density at radius 3 is 0.969 bits per heavy atom. The Morgan fingerprint density at radius 2 is 0.547 bits per heavy atom. The van der Waals surface area contributed by atoms with E-state index >= 15 is 0 Å². The van der Waals surface area contributed by atoms with Crippen molar-refractivity contribution in [1.29, 1.82) is 0 Å². The molecule has 2 heteroatoms. The topological polar surface area (TPSA) is 8.17 Å². The van der Waals surface area contributed by atoms with Gasteiger partial charge in [-0.2, -0.15) is 0 Å². The molecule has 0 spiro atoms. The minimum absolute atomic E-state index is 1.10. The molecule has 12 rings (SSSR count). The molecule has 0 fully saturated rings. The summed E-state index contributed by atoms with van der Waals surface area (Å²) in [5, 5.41) is 7.56. The number of aromatic nitrogens is 1. The van der Waals surface area contributed by atoms with Gasteiger partial charge in [-0.3, -0.25) is 0 Å². The van der Waals surface area contributed by atoms with Gasteiger partial charge in [0.1, 0.15) is 0 Å². The summed E-state index contributed by atoms with van der Waals surface area (Å²) in [6, 6.07) is 92.5. The molecule has 1 aromatic heterocycles. The predicted octanol–water partition coefficient (Wildman–Crippen LogP) is 17.2. The molecule has 11 aromatic carbocycles. The van der Waals surface area contributed by atoms with E-state index in [1.807, 2.05) is 0 Å². The summed E-state index contributed by atoms with van der Waals surface area (Å²) in [5.41, 5.74) is 16.5. The number of benzene rings is 11. The van der Waals surface area contributed by atoms with E-state index in [0.29, 0.717) is 0 Å². The number of fused-ring (bicyclic) bond motifs is 5. The predicted molar refractivity (Wildman–Crippen MR) is 272 cm³/mol. The van der Waals surface area contributed by atoms with Crippen LogP contribution in [0.4, 0.5) is 17.1 Å². The molecule has 12 aromatic rings. The number of hydrogen-bond donors (Lipinski definition) is 0. The average molecular weight is 815 g/mol. The van der Waals surface area contributed by atoms with Crippen LogP contribution in [0.5, 0.6) is 0 Å². The van der Waals surface area contributed by atoms with Crippen molar-refractivity contribution in [2.75, 3.05) is 4.90 Å². The van der Waals surface area contributed by atoms with E-state index < -0.39 is 0 Å². The summed E-state index contributed by atoms with van der Waals surface area (Å²) in [7, 11) is 0. The standard InChI is InChI=1S/C62H42N2/c1-3-15-55-47(11-1)13-9-19-57(55)49-31-39-52(40-32-49)63(53-41-33-50(34-42-53)58-20-10-14-48-12-2-4-16-56(48)58)51-35-27-45(28-36-51)43-23-25-44(26-24-43)46-29-37-54(38-30-46)64-61-21-7-5-17-59(61)60-18-6-8-22-62(60)64/h1-42H. The Morgan fingerprint density at radius 1 is 0.234 bits per heavy atom. The van der Waals surface area contributed by atoms with Crippen LogP contribution >= 0.6 is 0 Å². The zero-order valence-corrected chi connectivity index (χ0v) is 35.1. The first-order valence-corrected chi connectivity index (χ1v) is 22.0. The third-order valence-corrected chi connectivity index (χ3v) is 12.8. The van der Waals surface area contributed by atoms with Crippen LogP contribution in [-0.4, -0.2) is 4.57 Å². The average Bonchev–Trinajstić information content (AvgIpc) is 3.71. The quantitative estimate of drug-likeness (QED) is 0.148. The van der Waals surface area contributed by atoms with Crippen LogP contribution in [0.3, 0.4) is 0 Å². The van der Waals surface area contributed by atoms with Gasteiger partial charge in [-0.1, -0.05) is 194 Å². The molecular weight excluding hydrogens is 773 g/mol. The van der Waals surface area contributed by atoms with Crippen molar-refractivity contribution in [2.45, 2.75) is 0 Å². The molecule has 2 nitrogen and oxygen atoms in total. The number of hydrogen-bond acceptors (Lipinski definition) is 1. The van der Waals surface area contributed by atoms with Crippen molar-refractivity contribution in [2.24, 2.45) is 0 Å². The van der Waals surface area contributed by atoms with Gasteiger partial charge in [0.2, 0.25) is 0 Å². The lowest BCUT2D eigenvalue weighted by Crippen LogP contribution is -2.09. The molecule has 0 saturated carbocycles. The maximum atomic E-state index is 2.37. The van der Waals surface area contributed by atoms with Gasteiger partial charge in [0.15, 0.2) is 0 Å². The van der Waals surface area contributed by atoms with Crippen LogP contribution in [0.25, 0.3) is 93.5 Å². The Balaban J connectivity index is 0.851. The molecule has 0 aliphatic rings. The summed E-state index contributed by atoms with van der Waals surface area (Å²) in [5.74, 6) is 0. The zero-order valence-electron chi connectivity index (χ0n) is 35.1. The van der Waals surface area contributed by atoms with Gasteiger partial charge in [0.05, 0.1) is 11.0 Å². The van der Waals surface area contributed by atoms with Gasteiger partial charge in [-0.15, -0.1) is 0 Å². The highest BCUT2D eigenvalue weighted by Gasteiger charge is 2.16. The van der Waals surface area contributed by atoms with Crippen molar-refractivity contribution in [3.8, 4) is 50.2 Å². The molecule has 0 unspecified atom stereocenters. The van der Waals surface area contributed by atoms with Crippen molar-refractivity contribution >= 4 is 60.4 Å². The third kappa shape index (κ3) is 6.61. The first-order chi connectivity index (χ1) is 31.7. The highest BCUT2D eigenvalue weighted by Crippen LogP contribution is 2.40. The maximum Gasteiger partial charge on any atom is 0.0541 e. The van der Waals surface area contributed by atoms with E-state index in [4.69, 9.17) is 0 Å². The van der Waals surface area contributed by atoms with Crippen molar-refractivity contribution in [3.05, 3.63) is 255 Å². The van der Waals surface area contributed by atoms with E-state index in [1.54, 1.807) is 0 Å². The third-order valence-electron chi connectivity index (χ3n) is 12.8. The van der Waals surface area contributed by atoms with Gasteiger partial charge in [0.25, 0.3) is 0 Å². The molecule has 300 valence electrons. The van der Waals surface area contributed by atoms with Gasteiger partial charge >= 0.3 is 0 Å². The highest BCUT2D eigenvalue weighted by atomic mass is 15.1. The molecule has 1 heterocycles.